The molecule has 2 aromatic carbocycles. The Bertz CT molecular complexity index is 908. The third-order valence-electron chi connectivity index (χ3n) is 3.64. The van der Waals surface area contributed by atoms with Crippen LogP contribution in [0.2, 0.25) is 5.02 Å². The van der Waals surface area contributed by atoms with Crippen LogP contribution >= 0.6 is 22.9 Å². The number of carbonyl (C=O) groups is 2. The Morgan fingerprint density at radius 1 is 1.12 bits per heavy atom. The zero-order chi connectivity index (χ0) is 17.8. The maximum absolute atomic E-state index is 11.6. The highest BCUT2D eigenvalue weighted by atomic mass is 35.5. The number of benzene rings is 2. The summed E-state index contributed by atoms with van der Waals surface area (Å²) in [5, 5.41) is 10.1. The lowest BCUT2D eigenvalue weighted by Crippen LogP contribution is -2.21. The molecule has 0 saturated carbocycles. The zero-order valence-corrected chi connectivity index (χ0v) is 14.6. The molecule has 3 aromatic rings. The first kappa shape index (κ1) is 17.2. The lowest BCUT2D eigenvalue weighted by Gasteiger charge is -2.17. The molecule has 1 aromatic heterocycles. The second-order valence-electron chi connectivity index (χ2n) is 5.36. The Labute approximate surface area is 153 Å². The Morgan fingerprint density at radius 2 is 1.88 bits per heavy atom. The zero-order valence-electron chi connectivity index (χ0n) is 13.1. The highest BCUT2D eigenvalue weighted by Crippen LogP contribution is 2.37. The summed E-state index contributed by atoms with van der Waals surface area (Å²) in [5.74, 6) is -1.06. The largest absolute Gasteiger partial charge is 0.477 e. The number of hydrogen-bond acceptors (Lipinski definition) is 3. The van der Waals surface area contributed by atoms with Crippen LogP contribution in [0.4, 0.5) is 5.69 Å². The molecule has 0 saturated heterocycles. The number of nitrogens with zero attached hydrogens (tertiary/aromatic N) is 1. The quantitative estimate of drug-likeness (QED) is 0.625. The van der Waals surface area contributed by atoms with Crippen molar-refractivity contribution >= 4 is 41.0 Å². The molecule has 0 aliphatic heterocycles. The van der Waals surface area contributed by atoms with Crippen molar-refractivity contribution in [2.24, 2.45) is 0 Å². The minimum atomic E-state index is -1.06. The molecule has 4 nitrogen and oxygen atoms in total. The third-order valence-corrected chi connectivity index (χ3v) is 5.04. The van der Waals surface area contributed by atoms with Gasteiger partial charge in [-0.25, -0.2) is 4.79 Å². The van der Waals surface area contributed by atoms with E-state index in [0.717, 1.165) is 27.3 Å². The molecule has 126 valence electrons. The van der Waals surface area contributed by atoms with E-state index in [-0.39, 0.29) is 11.4 Å². The van der Waals surface area contributed by atoms with Crippen LogP contribution in [-0.2, 0) is 11.3 Å². The van der Waals surface area contributed by atoms with Crippen LogP contribution in [0, 0.1) is 0 Å². The smallest absolute Gasteiger partial charge is 0.348 e. The predicted octanol–water partition coefficient (Wildman–Crippen LogP) is 4.93. The Hall–Kier alpha value is -2.63. The maximum Gasteiger partial charge on any atom is 0.348 e. The Morgan fingerprint density at radius 3 is 2.52 bits per heavy atom. The Kier molecular flexibility index (Phi) is 5.16. The monoisotopic (exact) mass is 371 g/mol. The van der Waals surface area contributed by atoms with Gasteiger partial charge in [0.25, 0.3) is 0 Å². The van der Waals surface area contributed by atoms with Crippen LogP contribution in [-0.4, -0.2) is 17.5 Å². The second-order valence-corrected chi connectivity index (χ2v) is 6.85. The van der Waals surface area contributed by atoms with Crippen molar-refractivity contribution in [3.63, 3.8) is 0 Å². The van der Waals surface area contributed by atoms with Gasteiger partial charge < -0.3 is 10.0 Å². The third kappa shape index (κ3) is 3.90. The van der Waals surface area contributed by atoms with E-state index in [4.69, 9.17) is 11.6 Å². The lowest BCUT2D eigenvalue weighted by molar-refractivity contribution is -0.107. The fourth-order valence-electron chi connectivity index (χ4n) is 2.50. The van der Waals surface area contributed by atoms with Crippen molar-refractivity contribution in [2.75, 3.05) is 4.90 Å². The van der Waals surface area contributed by atoms with Gasteiger partial charge in [0.2, 0.25) is 6.41 Å². The van der Waals surface area contributed by atoms with E-state index in [0.29, 0.717) is 17.1 Å². The van der Waals surface area contributed by atoms with Crippen LogP contribution < -0.4 is 4.90 Å². The van der Waals surface area contributed by atoms with Gasteiger partial charge in [-0.05, 0) is 29.3 Å². The van der Waals surface area contributed by atoms with Gasteiger partial charge in [0, 0.05) is 9.90 Å². The summed E-state index contributed by atoms with van der Waals surface area (Å²) in [6.45, 7) is 0.245. The number of rotatable bonds is 6. The summed E-state index contributed by atoms with van der Waals surface area (Å²) in [6.07, 6.45) is 0.643. The van der Waals surface area contributed by atoms with Gasteiger partial charge in [-0.3, -0.25) is 4.79 Å². The molecule has 6 heteroatoms. The normalized spacial score (nSPS) is 10.4. The van der Waals surface area contributed by atoms with Gasteiger partial charge in [-0.1, -0.05) is 54.1 Å². The standard InChI is InChI=1S/C19H14ClNO3S/c20-15-8-4-5-13(9-15)11-21(12-22)16-10-17(25-18(16)19(23)24)14-6-2-1-3-7-14/h1-10,12H,11H2,(H,23,24). The number of amides is 1. The van der Waals surface area contributed by atoms with Crippen molar-refractivity contribution < 1.29 is 14.7 Å². The first-order chi connectivity index (χ1) is 12.1. The molecule has 0 spiro atoms. The molecule has 0 unspecified atom stereocenters. The summed E-state index contributed by atoms with van der Waals surface area (Å²) in [7, 11) is 0. The van der Waals surface area contributed by atoms with E-state index in [2.05, 4.69) is 0 Å². The number of aromatic carboxylic acids is 1. The number of carboxylic acid groups (broad SMARTS) is 1. The summed E-state index contributed by atoms with van der Waals surface area (Å²) < 4.78 is 0. The molecule has 0 atom stereocenters. The van der Waals surface area contributed by atoms with Crippen molar-refractivity contribution in [3.8, 4) is 10.4 Å². The molecule has 25 heavy (non-hydrogen) atoms. The number of carbonyl (C=O) groups excluding carboxylic acids is 1. The first-order valence-electron chi connectivity index (χ1n) is 7.47. The molecule has 1 heterocycles. The van der Waals surface area contributed by atoms with Crippen molar-refractivity contribution in [1.82, 2.24) is 0 Å². The highest BCUT2D eigenvalue weighted by molar-refractivity contribution is 7.18. The minimum Gasteiger partial charge on any atom is -0.477 e. The SMILES string of the molecule is O=CN(Cc1cccc(Cl)c1)c1cc(-c2ccccc2)sc1C(=O)O. The predicted molar refractivity (Wildman–Crippen MR) is 100 cm³/mol. The topological polar surface area (TPSA) is 57.6 Å². The van der Waals surface area contributed by atoms with Gasteiger partial charge in [-0.2, -0.15) is 0 Å². The molecule has 0 aliphatic rings. The van der Waals surface area contributed by atoms with Crippen LogP contribution in [0.25, 0.3) is 10.4 Å². The summed E-state index contributed by atoms with van der Waals surface area (Å²) in [6, 6.07) is 18.4. The van der Waals surface area contributed by atoms with E-state index in [1.54, 1.807) is 24.3 Å². The first-order valence-corrected chi connectivity index (χ1v) is 8.67. The lowest BCUT2D eigenvalue weighted by atomic mass is 10.1. The molecule has 0 radical (unpaired) electrons. The fourth-order valence-corrected chi connectivity index (χ4v) is 3.73. The number of carboxylic acids is 1. The molecule has 1 amide bonds. The molecular formula is C19H14ClNO3S. The van der Waals surface area contributed by atoms with Crippen LogP contribution in [0.5, 0.6) is 0 Å². The van der Waals surface area contributed by atoms with Crippen molar-refractivity contribution in [3.05, 3.63) is 76.1 Å². The summed E-state index contributed by atoms with van der Waals surface area (Å²) in [4.78, 5) is 25.6. The van der Waals surface area contributed by atoms with Gasteiger partial charge in [0.1, 0.15) is 4.88 Å². The number of hydrogen-bond donors (Lipinski definition) is 1. The molecule has 3 rings (SSSR count). The van der Waals surface area contributed by atoms with Gasteiger partial charge >= 0.3 is 5.97 Å². The van der Waals surface area contributed by atoms with Crippen molar-refractivity contribution in [1.29, 1.82) is 0 Å². The van der Waals surface area contributed by atoms with Gasteiger partial charge in [-0.15, -0.1) is 11.3 Å². The number of anilines is 1. The average molecular weight is 372 g/mol. The Balaban J connectivity index is 2.00. The molecule has 0 aliphatic carbocycles. The number of thiophene rings is 1. The van der Waals surface area contributed by atoms with E-state index in [9.17, 15) is 14.7 Å². The fraction of sp³-hybridized carbons (Fsp3) is 0.0526. The highest BCUT2D eigenvalue weighted by Gasteiger charge is 2.21. The van der Waals surface area contributed by atoms with Crippen LogP contribution in [0.3, 0.4) is 0 Å². The molecule has 0 bridgehead atoms. The molecule has 1 N–H and O–H groups in total. The van der Waals surface area contributed by atoms with E-state index >= 15 is 0 Å². The van der Waals surface area contributed by atoms with E-state index in [1.165, 1.54) is 4.90 Å². The van der Waals surface area contributed by atoms with E-state index in [1.807, 2.05) is 36.4 Å². The molecular weight excluding hydrogens is 358 g/mol. The van der Waals surface area contributed by atoms with Gasteiger partial charge in [0.05, 0.1) is 12.2 Å². The van der Waals surface area contributed by atoms with Crippen LogP contribution in [0.15, 0.2) is 60.7 Å². The van der Waals surface area contributed by atoms with Crippen LogP contribution in [0.1, 0.15) is 15.2 Å². The summed E-state index contributed by atoms with van der Waals surface area (Å²) in [5.41, 5.74) is 2.12. The number of halogens is 1. The maximum atomic E-state index is 11.6. The van der Waals surface area contributed by atoms with Gasteiger partial charge in [0.15, 0.2) is 0 Å². The summed E-state index contributed by atoms with van der Waals surface area (Å²) >= 11 is 7.14. The van der Waals surface area contributed by atoms with Crippen molar-refractivity contribution in [2.45, 2.75) is 6.54 Å². The average Bonchev–Trinajstić information content (AvgIpc) is 3.06. The second kappa shape index (κ2) is 7.51. The van der Waals surface area contributed by atoms with E-state index < -0.39 is 5.97 Å². The molecule has 0 fully saturated rings. The minimum absolute atomic E-state index is 0.132.